The highest BCUT2D eigenvalue weighted by molar-refractivity contribution is 8.00. The molecule has 0 spiro atoms. The van der Waals surface area contributed by atoms with Crippen molar-refractivity contribution in [3.63, 3.8) is 0 Å². The summed E-state index contributed by atoms with van der Waals surface area (Å²) in [6, 6.07) is 5.83. The number of imidazole rings is 1. The summed E-state index contributed by atoms with van der Waals surface area (Å²) in [5.74, 6) is -8.51. The van der Waals surface area contributed by atoms with E-state index in [0.29, 0.717) is 23.2 Å². The highest BCUT2D eigenvalue weighted by Crippen LogP contribution is 2.44. The summed E-state index contributed by atoms with van der Waals surface area (Å²) in [6.07, 6.45) is 2.73. The number of hydrogen-bond donors (Lipinski definition) is 12. The van der Waals surface area contributed by atoms with Crippen LogP contribution >= 0.6 is 11.8 Å². The van der Waals surface area contributed by atoms with Crippen molar-refractivity contribution in [1.29, 1.82) is 0 Å². The van der Waals surface area contributed by atoms with Crippen LogP contribution in [0.1, 0.15) is 69.2 Å². The number of nitrogens with one attached hydrogen (secondary N) is 6. The Balaban J connectivity index is 1.22. The van der Waals surface area contributed by atoms with Crippen LogP contribution in [0.5, 0.6) is 5.75 Å². The Morgan fingerprint density at radius 1 is 0.867 bits per heavy atom. The summed E-state index contributed by atoms with van der Waals surface area (Å²) in [4.78, 5) is 137. The van der Waals surface area contributed by atoms with E-state index in [9.17, 15) is 53.7 Å². The molecule has 0 saturated carbocycles. The van der Waals surface area contributed by atoms with Gasteiger partial charge < -0.3 is 73.9 Å². The van der Waals surface area contributed by atoms with E-state index < -0.39 is 119 Å². The van der Waals surface area contributed by atoms with Crippen LogP contribution in [0.25, 0.3) is 0 Å². The number of aliphatic imine (C=N–C) groups is 1. The second-order valence-corrected chi connectivity index (χ2v) is 20.4. The van der Waals surface area contributed by atoms with Gasteiger partial charge in [0.2, 0.25) is 41.4 Å². The number of aromatic hydroxyl groups is 1. The first-order valence-electron chi connectivity index (χ1n) is 24.5. The van der Waals surface area contributed by atoms with E-state index in [1.165, 1.54) is 46.2 Å². The molecule has 7 amide bonds. The number of rotatable bonds is 25. The second-order valence-electron chi connectivity index (χ2n) is 19.2. The quantitative estimate of drug-likeness (QED) is 0.0253. The van der Waals surface area contributed by atoms with Gasteiger partial charge in [0.25, 0.3) is 0 Å². The normalized spacial score (nSPS) is 21.0. The average Bonchev–Trinajstić information content (AvgIpc) is 4.19. The number of carbonyl (C=O) groups is 9. The number of aliphatic carboxylic acids is 2. The van der Waals surface area contributed by atoms with Gasteiger partial charge >= 0.3 is 11.9 Å². The summed E-state index contributed by atoms with van der Waals surface area (Å²) in [5.41, 5.74) is 16.6. The standard InChI is InChI=1S/C49H65N13O12S/c1-26(2)39(59-41(67)32(10-6-16-54-48(51)52)56-40(66)31(50)20-38(64)65)44(70)60-49(21-28-12-14-30(63)15-13-28)22-37-62(47(49)74)36(24-75-37)43(69)57-33(19-29-23-53-25-55-29)45(71)61-17-7-11-35(61)42(68)58-34(46(72)73)18-27-8-4-3-5-9-27/h3-5,8-9,12-15,23,25-26,31-37,39,63H,6-7,10-11,16-22,24,50H2,1-2H3,(H,53,55)(H,56,66)(H,57,69)(H,58,68)(H,59,67)(H,60,70)(H,64,65)(H,72,73)(H4,51,52,54)/t31-,32-,33-,34-,35-,36-,37+,39-,49+/m0/s1. The minimum Gasteiger partial charge on any atom is -0.508 e. The van der Waals surface area contributed by atoms with E-state index in [1.807, 2.05) is 0 Å². The maximum atomic E-state index is 15.1. The van der Waals surface area contributed by atoms with Crippen molar-refractivity contribution in [3.05, 3.63) is 83.9 Å². The summed E-state index contributed by atoms with van der Waals surface area (Å²) < 4.78 is 0. The summed E-state index contributed by atoms with van der Waals surface area (Å²) in [7, 11) is 0. The number of phenols is 1. The van der Waals surface area contributed by atoms with E-state index in [1.54, 1.807) is 56.3 Å². The van der Waals surface area contributed by atoms with Crippen molar-refractivity contribution in [2.45, 2.75) is 125 Å². The maximum Gasteiger partial charge on any atom is 0.326 e. The minimum absolute atomic E-state index is 0.00516. The number of benzene rings is 2. The molecule has 25 nitrogen and oxygen atoms in total. The molecule has 3 fully saturated rings. The molecule has 3 aliphatic heterocycles. The number of hydrogen-bond acceptors (Lipinski definition) is 14. The van der Waals surface area contributed by atoms with Crippen molar-refractivity contribution in [2.24, 2.45) is 28.1 Å². The zero-order valence-electron chi connectivity index (χ0n) is 41.5. The Bertz CT molecular complexity index is 2580. The van der Waals surface area contributed by atoms with Crippen molar-refractivity contribution < 1.29 is 58.5 Å². The number of aromatic amines is 1. The molecule has 3 aliphatic rings. The number of nitrogens with two attached hydrogens (primary N) is 3. The molecular weight excluding hydrogens is 995 g/mol. The minimum atomic E-state index is -1.73. The Kier molecular flexibility index (Phi) is 19.2. The van der Waals surface area contributed by atoms with Crippen LogP contribution in [0.4, 0.5) is 0 Å². The molecule has 26 heteroatoms. The van der Waals surface area contributed by atoms with Gasteiger partial charge in [-0.1, -0.05) is 56.3 Å². The van der Waals surface area contributed by atoms with Gasteiger partial charge in [0, 0.05) is 56.4 Å². The molecule has 75 heavy (non-hydrogen) atoms. The number of carbonyl (C=O) groups excluding carboxylic acids is 7. The first-order valence-corrected chi connectivity index (χ1v) is 25.5. The molecule has 6 rings (SSSR count). The van der Waals surface area contributed by atoms with Crippen LogP contribution in [0.15, 0.2) is 72.1 Å². The number of likely N-dealkylation sites (tertiary alicyclic amines) is 1. The van der Waals surface area contributed by atoms with E-state index in [4.69, 9.17) is 17.2 Å². The first-order chi connectivity index (χ1) is 35.7. The predicted molar refractivity (Wildman–Crippen MR) is 272 cm³/mol. The number of nitrogens with zero attached hydrogens (tertiary/aromatic N) is 4. The lowest BCUT2D eigenvalue weighted by molar-refractivity contribution is -0.145. The smallest absolute Gasteiger partial charge is 0.326 e. The highest BCUT2D eigenvalue weighted by Gasteiger charge is 2.59. The number of aromatic nitrogens is 2. The number of amides is 7. The summed E-state index contributed by atoms with van der Waals surface area (Å²) in [5, 5.41) is 42.2. The summed E-state index contributed by atoms with van der Waals surface area (Å²) in [6.45, 7) is 3.50. The molecule has 3 aromatic rings. The van der Waals surface area contributed by atoms with Crippen molar-refractivity contribution in [2.75, 3.05) is 18.8 Å². The van der Waals surface area contributed by atoms with Gasteiger partial charge in [0.15, 0.2) is 5.96 Å². The number of thioether (sulfide) groups is 1. The van der Waals surface area contributed by atoms with Crippen LogP contribution in [-0.2, 0) is 62.4 Å². The predicted octanol–water partition coefficient (Wildman–Crippen LogP) is -1.80. The number of carboxylic acid groups (broad SMARTS) is 2. The van der Waals surface area contributed by atoms with E-state index in [0.717, 1.165) is 0 Å². The number of guanidine groups is 1. The van der Waals surface area contributed by atoms with Crippen LogP contribution in [0.3, 0.4) is 0 Å². The topological polar surface area (TPSA) is 400 Å². The lowest BCUT2D eigenvalue weighted by atomic mass is 9.87. The maximum absolute atomic E-state index is 15.1. The van der Waals surface area contributed by atoms with Gasteiger partial charge in [-0.3, -0.25) is 43.3 Å². The van der Waals surface area contributed by atoms with E-state index >= 15 is 4.79 Å². The van der Waals surface area contributed by atoms with Gasteiger partial charge in [-0.15, -0.1) is 11.8 Å². The number of carboxylic acids is 2. The largest absolute Gasteiger partial charge is 0.508 e. The van der Waals surface area contributed by atoms with Crippen molar-refractivity contribution in [1.82, 2.24) is 46.4 Å². The molecule has 15 N–H and O–H groups in total. The van der Waals surface area contributed by atoms with Gasteiger partial charge in [-0.25, -0.2) is 9.78 Å². The Labute approximate surface area is 436 Å². The van der Waals surface area contributed by atoms with Gasteiger partial charge in [-0.05, 0) is 54.9 Å². The first kappa shape index (κ1) is 56.6. The number of phenolic OH excluding ortho intramolecular Hbond substituents is 1. The third kappa shape index (κ3) is 14.7. The molecule has 0 bridgehead atoms. The van der Waals surface area contributed by atoms with E-state index in [-0.39, 0.29) is 75.5 Å². The van der Waals surface area contributed by atoms with Gasteiger partial charge in [0.05, 0.1) is 24.2 Å². The molecule has 9 atom stereocenters. The van der Waals surface area contributed by atoms with Crippen LogP contribution < -0.4 is 43.8 Å². The lowest BCUT2D eigenvalue weighted by Gasteiger charge is -2.34. The Morgan fingerprint density at radius 3 is 2.20 bits per heavy atom. The highest BCUT2D eigenvalue weighted by atomic mass is 32.2. The molecule has 0 radical (unpaired) electrons. The van der Waals surface area contributed by atoms with Gasteiger partial charge in [-0.2, -0.15) is 0 Å². The second kappa shape index (κ2) is 25.5. The third-order valence-corrected chi connectivity index (χ3v) is 14.5. The molecule has 2 aromatic carbocycles. The molecule has 0 unspecified atom stereocenters. The van der Waals surface area contributed by atoms with Crippen LogP contribution in [-0.4, -0.2) is 166 Å². The molecule has 3 saturated heterocycles. The molecule has 404 valence electrons. The fourth-order valence-corrected chi connectivity index (χ4v) is 10.9. The van der Waals surface area contributed by atoms with Gasteiger partial charge in [0.1, 0.15) is 47.5 Å². The number of fused-ring (bicyclic) bond motifs is 1. The number of H-pyrrole nitrogens is 1. The van der Waals surface area contributed by atoms with Crippen LogP contribution in [0, 0.1) is 5.92 Å². The van der Waals surface area contributed by atoms with E-state index in [2.05, 4.69) is 41.5 Å². The molecule has 1 aromatic heterocycles. The SMILES string of the molecule is CC(C)[C@H](NC(=O)[C@H](CCCN=C(N)N)NC(=O)[C@@H](N)CC(=O)O)C(=O)N[C@]1(Cc2ccc(O)cc2)C[C@H]2SC[C@@H](C(=O)N[C@@H](Cc3cnc[nH]3)C(=O)N3CCC[C@H]3C(=O)N[C@@H](Cc3ccccc3)C(=O)O)N2C1=O. The third-order valence-electron chi connectivity index (χ3n) is 13.3. The van der Waals surface area contributed by atoms with Crippen molar-refractivity contribution >= 4 is 71.0 Å². The molecule has 4 heterocycles. The zero-order chi connectivity index (χ0) is 54.6. The summed E-state index contributed by atoms with van der Waals surface area (Å²) >= 11 is 1.29. The average molecular weight is 1060 g/mol. The Hall–Kier alpha value is -7.74. The Morgan fingerprint density at radius 2 is 1.56 bits per heavy atom. The lowest BCUT2D eigenvalue weighted by Crippen LogP contribution is -2.63. The monoisotopic (exact) mass is 1060 g/mol. The van der Waals surface area contributed by atoms with Crippen LogP contribution in [0.2, 0.25) is 0 Å². The fourth-order valence-electron chi connectivity index (χ4n) is 9.43. The zero-order valence-corrected chi connectivity index (χ0v) is 42.3. The molecule has 0 aliphatic carbocycles. The van der Waals surface area contributed by atoms with Crippen molar-refractivity contribution in [3.8, 4) is 5.75 Å². The fraction of sp³-hybridized carbons (Fsp3) is 0.490. The molecular formula is C49H65N13O12S.